The van der Waals surface area contributed by atoms with E-state index in [0.717, 1.165) is 42.0 Å². The Labute approximate surface area is 433 Å². The Morgan fingerprint density at radius 2 is 1.23 bits per heavy atom. The van der Waals surface area contributed by atoms with Crippen molar-refractivity contribution < 1.29 is 27.0 Å². The third-order valence-corrected chi connectivity index (χ3v) is 16.7. The van der Waals surface area contributed by atoms with Gasteiger partial charge in [0.05, 0.1) is 48.0 Å². The SMILES string of the molecule is C[C@@H]1CN(c2ncc(Cl)c(Nc3ccc4c(c3)c3c(c(=O)n4C)OCC[C@H](C4CC4Cn4c(=O)c5c(c6cc(Nc7nc(N8CCC(F)(F)[C@@H](C)C8)ncc7Cl)ccc64)N[C@@H](C4CC4)CCO5)N3)n2)CCC1(F)F. The lowest BCUT2D eigenvalue weighted by Crippen LogP contribution is -2.46. The number of rotatable bonds is 10. The van der Waals surface area contributed by atoms with Gasteiger partial charge in [0.15, 0.2) is 11.6 Å². The number of halogens is 6. The van der Waals surface area contributed by atoms with Crippen molar-refractivity contribution in [2.45, 2.75) is 89.3 Å². The summed E-state index contributed by atoms with van der Waals surface area (Å²) in [5, 5.41) is 16.1. The minimum Gasteiger partial charge on any atom is -0.486 e. The normalized spacial score (nSPS) is 25.1. The summed E-state index contributed by atoms with van der Waals surface area (Å²) in [5.74, 6) is -4.81. The summed E-state index contributed by atoms with van der Waals surface area (Å²) in [5.41, 5.74) is 3.40. The largest absolute Gasteiger partial charge is 0.486 e. The summed E-state index contributed by atoms with van der Waals surface area (Å²) in [6.45, 7) is 4.60. The van der Waals surface area contributed by atoms with Crippen molar-refractivity contribution in [1.29, 1.82) is 0 Å². The highest BCUT2D eigenvalue weighted by Crippen LogP contribution is 2.48. The van der Waals surface area contributed by atoms with Crippen LogP contribution in [0, 0.1) is 29.6 Å². The zero-order valence-electron chi connectivity index (χ0n) is 41.0. The number of benzene rings is 2. The van der Waals surface area contributed by atoms with Gasteiger partial charge in [0, 0.05) is 112 Å². The van der Waals surface area contributed by atoms with E-state index in [1.165, 1.54) is 26.2 Å². The molecule has 4 fully saturated rings. The number of piperidine rings is 2. The van der Waals surface area contributed by atoms with Crippen LogP contribution in [0.3, 0.4) is 0 Å². The fourth-order valence-electron chi connectivity index (χ4n) is 11.3. The quantitative estimate of drug-likeness (QED) is 0.0957. The molecule has 0 spiro atoms. The number of fused-ring (bicyclic) bond motifs is 6. The number of hydrogen-bond donors (Lipinski definition) is 4. The molecule has 12 rings (SSSR count). The maximum absolute atomic E-state index is 14.7. The summed E-state index contributed by atoms with van der Waals surface area (Å²) >= 11 is 13.3. The zero-order chi connectivity index (χ0) is 51.4. The summed E-state index contributed by atoms with van der Waals surface area (Å²) < 4.78 is 73.5. The molecule has 74 heavy (non-hydrogen) atoms. The average molecular weight is 1060 g/mol. The Kier molecular flexibility index (Phi) is 12.2. The Bertz CT molecular complexity index is 3340. The van der Waals surface area contributed by atoms with Crippen LogP contribution >= 0.6 is 23.2 Å². The van der Waals surface area contributed by atoms with Gasteiger partial charge in [-0.3, -0.25) is 9.59 Å². The summed E-state index contributed by atoms with van der Waals surface area (Å²) in [4.78, 5) is 50.2. The van der Waals surface area contributed by atoms with Crippen molar-refractivity contribution in [3.05, 3.63) is 79.5 Å². The van der Waals surface area contributed by atoms with Crippen LogP contribution in [0.25, 0.3) is 21.8 Å². The molecule has 2 aromatic carbocycles. The predicted octanol–water partition coefficient (Wildman–Crippen LogP) is 10.1. The molecule has 6 aliphatic rings. The van der Waals surface area contributed by atoms with Crippen molar-refractivity contribution in [2.75, 3.05) is 70.5 Å². The van der Waals surface area contributed by atoms with Gasteiger partial charge in [-0.05, 0) is 73.4 Å². The van der Waals surface area contributed by atoms with Crippen LogP contribution in [0.15, 0.2) is 58.4 Å². The van der Waals surface area contributed by atoms with Crippen LogP contribution in [0.1, 0.15) is 58.8 Å². The van der Waals surface area contributed by atoms with Gasteiger partial charge >= 0.3 is 0 Å². The third kappa shape index (κ3) is 9.02. The van der Waals surface area contributed by atoms with Gasteiger partial charge in [0.1, 0.15) is 10.0 Å². The summed E-state index contributed by atoms with van der Waals surface area (Å²) in [7, 11) is 1.70. The van der Waals surface area contributed by atoms with Gasteiger partial charge in [-0.1, -0.05) is 37.0 Å². The smallest absolute Gasteiger partial charge is 0.295 e. The minimum atomic E-state index is -2.76. The maximum atomic E-state index is 14.7. The van der Waals surface area contributed by atoms with E-state index in [1.807, 2.05) is 41.0 Å². The van der Waals surface area contributed by atoms with Gasteiger partial charge in [-0.25, -0.2) is 27.5 Å². The molecule has 2 saturated heterocycles. The molecule has 390 valence electrons. The number of alkyl halides is 4. The number of hydrogen-bond acceptors (Lipinski definition) is 14. The molecule has 16 nitrogen and oxygen atoms in total. The van der Waals surface area contributed by atoms with E-state index in [0.29, 0.717) is 83.9 Å². The minimum absolute atomic E-state index is 0.0951. The molecule has 4 aliphatic heterocycles. The molecule has 4 aromatic heterocycles. The third-order valence-electron chi connectivity index (χ3n) is 16.1. The summed E-state index contributed by atoms with van der Waals surface area (Å²) in [6, 6.07) is 11.4. The molecule has 6 atom stereocenters. The van der Waals surface area contributed by atoms with E-state index in [4.69, 9.17) is 37.7 Å². The second-order valence-corrected chi connectivity index (χ2v) is 21.9. The second kappa shape index (κ2) is 18.5. The van der Waals surface area contributed by atoms with Gasteiger partial charge in [0.25, 0.3) is 23.0 Å². The lowest BCUT2D eigenvalue weighted by Gasteiger charge is -2.36. The molecule has 0 radical (unpaired) electrons. The molecule has 6 aromatic rings. The van der Waals surface area contributed by atoms with Crippen molar-refractivity contribution >= 4 is 91.3 Å². The van der Waals surface area contributed by atoms with E-state index < -0.39 is 23.7 Å². The molecule has 2 saturated carbocycles. The molecule has 4 N–H and O–H groups in total. The van der Waals surface area contributed by atoms with Crippen molar-refractivity contribution in [3.8, 4) is 11.5 Å². The average Bonchev–Trinajstić information content (AvgIpc) is 4.30. The van der Waals surface area contributed by atoms with E-state index in [-0.39, 0.29) is 95.6 Å². The van der Waals surface area contributed by atoms with E-state index >= 15 is 0 Å². The second-order valence-electron chi connectivity index (χ2n) is 21.1. The number of pyridine rings is 2. The molecule has 8 heterocycles. The highest BCUT2D eigenvalue weighted by molar-refractivity contribution is 6.33. The topological polar surface area (TPSA) is 169 Å². The number of anilines is 8. The highest BCUT2D eigenvalue weighted by Gasteiger charge is 2.46. The first-order valence-corrected chi connectivity index (χ1v) is 26.3. The zero-order valence-corrected chi connectivity index (χ0v) is 42.6. The molecule has 0 bridgehead atoms. The molecule has 2 unspecified atom stereocenters. The number of nitrogens with one attached hydrogen (secondary N) is 4. The number of aromatic nitrogens is 6. The van der Waals surface area contributed by atoms with Gasteiger partial charge in [0.2, 0.25) is 23.4 Å². The lowest BCUT2D eigenvalue weighted by molar-refractivity contribution is -0.0657. The summed E-state index contributed by atoms with van der Waals surface area (Å²) in [6.07, 6.45) is 6.75. The predicted molar refractivity (Wildman–Crippen MR) is 279 cm³/mol. The highest BCUT2D eigenvalue weighted by atomic mass is 35.5. The van der Waals surface area contributed by atoms with Crippen LogP contribution in [-0.4, -0.2) is 92.4 Å². The van der Waals surface area contributed by atoms with Crippen molar-refractivity contribution in [1.82, 2.24) is 29.1 Å². The van der Waals surface area contributed by atoms with E-state index in [1.54, 1.807) is 21.4 Å². The number of nitrogens with zero attached hydrogens (tertiary/aromatic N) is 8. The Morgan fingerprint density at radius 1 is 0.716 bits per heavy atom. The number of aryl methyl sites for hydroxylation is 1. The van der Waals surface area contributed by atoms with Crippen LogP contribution in [-0.2, 0) is 13.6 Å². The molecule has 22 heteroatoms. The van der Waals surface area contributed by atoms with Crippen LogP contribution in [0.2, 0.25) is 10.0 Å². The first-order chi connectivity index (χ1) is 35.5. The van der Waals surface area contributed by atoms with Gasteiger partial charge in [-0.15, -0.1) is 0 Å². The van der Waals surface area contributed by atoms with Crippen LogP contribution in [0.4, 0.5) is 63.8 Å². The first-order valence-electron chi connectivity index (χ1n) is 25.5. The fraction of sp³-hybridized carbons (Fsp3) is 0.500. The number of ether oxygens (including phenoxy) is 2. The Hall–Kier alpha value is -6.28. The Morgan fingerprint density at radius 3 is 1.78 bits per heavy atom. The van der Waals surface area contributed by atoms with Crippen LogP contribution in [0.5, 0.6) is 11.5 Å². The fourth-order valence-corrected chi connectivity index (χ4v) is 11.6. The van der Waals surface area contributed by atoms with E-state index in [9.17, 15) is 27.2 Å². The van der Waals surface area contributed by atoms with Gasteiger partial charge in [-0.2, -0.15) is 9.97 Å². The van der Waals surface area contributed by atoms with Crippen molar-refractivity contribution in [3.63, 3.8) is 0 Å². The van der Waals surface area contributed by atoms with Crippen LogP contribution < -0.4 is 51.7 Å². The molecular weight excluding hydrogens is 1000 g/mol. The molecule has 2 aliphatic carbocycles. The monoisotopic (exact) mass is 1060 g/mol. The lowest BCUT2D eigenvalue weighted by atomic mass is 9.96. The van der Waals surface area contributed by atoms with Crippen molar-refractivity contribution in [2.24, 2.45) is 36.6 Å². The molecular formula is C52H56Cl2F4N12O4. The van der Waals surface area contributed by atoms with E-state index in [2.05, 4.69) is 36.2 Å². The molecule has 0 amide bonds. The van der Waals surface area contributed by atoms with Gasteiger partial charge < -0.3 is 49.7 Å². The first kappa shape index (κ1) is 48.6. The Balaban J connectivity index is 0.823. The standard InChI is InChI=1S/C52H56Cl2F4N12O4/c1-26-23-68(14-12-51(26,55)56)49-59-21-35(53)45(65-49)61-30-6-8-39-33(19-30)41-43(47(71)67(39)3)73-17-11-38(64-41)32-18-29(32)25-70-40-9-7-31(20-34(40)42-44(48(70)72)74-16-10-37(63-42)28-4-5-28)62-46-36(54)22-60-50(66-46)69-15-13-52(57,58)27(2)24-69/h6-9,19-22,26-29,32,37-38,63-64H,4-5,10-18,23-25H2,1-3H3,(H,59,61,65)(H,60,62,66)/t26-,27+,29?,32?,37-,38-/m1/s1. The maximum Gasteiger partial charge on any atom is 0.295 e.